The van der Waals surface area contributed by atoms with Gasteiger partial charge in [-0.25, -0.2) is 0 Å². The van der Waals surface area contributed by atoms with E-state index in [2.05, 4.69) is 48.5 Å². The summed E-state index contributed by atoms with van der Waals surface area (Å²) in [6, 6.07) is 17.3. The number of fused-ring (bicyclic) bond motifs is 3. The van der Waals surface area contributed by atoms with Crippen LogP contribution in [0.25, 0.3) is 11.1 Å². The summed E-state index contributed by atoms with van der Waals surface area (Å²) in [6.07, 6.45) is 1.10. The van der Waals surface area contributed by atoms with Crippen LogP contribution in [-0.2, 0) is 32.3 Å². The summed E-state index contributed by atoms with van der Waals surface area (Å²) in [5.74, 6) is 0. The Hall–Kier alpha value is -0.690. The molecule has 0 radical (unpaired) electrons. The fraction of sp³-hybridized carbons (Fsp3) is 0.0769. The van der Waals surface area contributed by atoms with Gasteiger partial charge in [0, 0.05) is 25.8 Å². The quantitative estimate of drug-likeness (QED) is 0.549. The van der Waals surface area contributed by atoms with Crippen LogP contribution in [0.3, 0.4) is 0 Å². The molecule has 1 aliphatic carbocycles. The first-order chi connectivity index (χ1) is 6.45. The van der Waals surface area contributed by atoms with Crippen molar-refractivity contribution in [2.75, 3.05) is 0 Å². The average Bonchev–Trinajstić information content (AvgIpc) is 2.56. The summed E-state index contributed by atoms with van der Waals surface area (Å²) in [5.41, 5.74) is 5.75. The van der Waals surface area contributed by atoms with Crippen molar-refractivity contribution in [1.82, 2.24) is 0 Å². The van der Waals surface area contributed by atoms with Gasteiger partial charge in [-0.2, -0.15) is 0 Å². The van der Waals surface area contributed by atoms with Gasteiger partial charge >= 0.3 is 0 Å². The van der Waals surface area contributed by atoms with Crippen LogP contribution in [0.4, 0.5) is 0 Å². The van der Waals surface area contributed by atoms with Crippen molar-refractivity contribution in [2.45, 2.75) is 6.42 Å². The molecule has 0 saturated heterocycles. The van der Waals surface area contributed by atoms with Crippen LogP contribution >= 0.6 is 0 Å². The fourth-order valence-electron chi connectivity index (χ4n) is 2.08. The van der Waals surface area contributed by atoms with Gasteiger partial charge in [0.25, 0.3) is 0 Å². The first kappa shape index (κ1) is 9.85. The van der Waals surface area contributed by atoms with Crippen LogP contribution in [0, 0.1) is 0 Å². The Bertz CT molecular complexity index is 417. The Labute approximate surface area is 103 Å². The fourth-order valence-corrected chi connectivity index (χ4v) is 2.08. The van der Waals surface area contributed by atoms with Gasteiger partial charge < -0.3 is 0 Å². The van der Waals surface area contributed by atoms with E-state index < -0.39 is 0 Å². The predicted octanol–water partition coefficient (Wildman–Crippen LogP) is 3.26. The molecule has 1 heteroatoms. The maximum absolute atomic E-state index is 2.22. The van der Waals surface area contributed by atoms with Gasteiger partial charge in [-0.15, -0.1) is 0 Å². The third kappa shape index (κ3) is 1.40. The van der Waals surface area contributed by atoms with Crippen molar-refractivity contribution < 1.29 is 25.8 Å². The van der Waals surface area contributed by atoms with E-state index in [1.54, 1.807) is 0 Å². The Kier molecular flexibility index (Phi) is 2.69. The molecule has 0 spiro atoms. The van der Waals surface area contributed by atoms with Crippen LogP contribution < -0.4 is 0 Å². The first-order valence-electron chi connectivity index (χ1n) is 4.61. The predicted molar refractivity (Wildman–Crippen MR) is 54.7 cm³/mol. The van der Waals surface area contributed by atoms with Gasteiger partial charge in [0.1, 0.15) is 0 Å². The zero-order chi connectivity index (χ0) is 8.67. The third-order valence-corrected chi connectivity index (χ3v) is 2.71. The maximum Gasteiger partial charge on any atom is 0 e. The van der Waals surface area contributed by atoms with E-state index in [1.807, 2.05) is 0 Å². The SMILES string of the molecule is [Hf].c1ccc2c(c1)Cc1ccccc1-2. The van der Waals surface area contributed by atoms with E-state index in [1.165, 1.54) is 22.3 Å². The largest absolute Gasteiger partial charge is 0.0619 e. The van der Waals surface area contributed by atoms with Crippen LogP contribution in [0.15, 0.2) is 48.5 Å². The van der Waals surface area contributed by atoms with Crippen LogP contribution in [0.5, 0.6) is 0 Å². The van der Waals surface area contributed by atoms with Crippen LogP contribution in [-0.4, -0.2) is 0 Å². The van der Waals surface area contributed by atoms with E-state index >= 15 is 0 Å². The van der Waals surface area contributed by atoms with E-state index in [4.69, 9.17) is 0 Å². The molecule has 2 aromatic rings. The zero-order valence-corrected chi connectivity index (χ0v) is 11.4. The monoisotopic (exact) mass is 346 g/mol. The Balaban J connectivity index is 0.000000750. The number of rotatable bonds is 0. The average molecular weight is 345 g/mol. The van der Waals surface area contributed by atoms with Crippen molar-refractivity contribution in [1.29, 1.82) is 0 Å². The summed E-state index contributed by atoms with van der Waals surface area (Å²) in [5, 5.41) is 0. The smallest absolute Gasteiger partial charge is 0 e. The second-order valence-electron chi connectivity index (χ2n) is 3.49. The molecule has 0 fully saturated rings. The number of hydrogen-bond acceptors (Lipinski definition) is 0. The second-order valence-corrected chi connectivity index (χ2v) is 3.49. The minimum Gasteiger partial charge on any atom is -0.0619 e. The van der Waals surface area contributed by atoms with Gasteiger partial charge in [-0.3, -0.25) is 0 Å². The second kappa shape index (κ2) is 3.82. The molecule has 0 N–H and O–H groups in total. The van der Waals surface area contributed by atoms with E-state index in [0.717, 1.165) is 6.42 Å². The molecule has 0 unspecified atom stereocenters. The van der Waals surface area contributed by atoms with Gasteiger partial charge in [-0.05, 0) is 28.7 Å². The molecule has 2 aromatic carbocycles. The van der Waals surface area contributed by atoms with E-state index in [0.29, 0.717) is 0 Å². The van der Waals surface area contributed by atoms with E-state index in [-0.39, 0.29) is 25.8 Å². The van der Waals surface area contributed by atoms with Gasteiger partial charge in [0.15, 0.2) is 0 Å². The summed E-state index contributed by atoms with van der Waals surface area (Å²) in [4.78, 5) is 0. The molecule has 14 heavy (non-hydrogen) atoms. The van der Waals surface area contributed by atoms with Gasteiger partial charge in [-0.1, -0.05) is 48.5 Å². The molecule has 0 atom stereocenters. The summed E-state index contributed by atoms with van der Waals surface area (Å²) >= 11 is 0. The van der Waals surface area contributed by atoms with Crippen molar-refractivity contribution in [2.24, 2.45) is 0 Å². The molecule has 0 aliphatic heterocycles. The van der Waals surface area contributed by atoms with Gasteiger partial charge in [0.2, 0.25) is 0 Å². The van der Waals surface area contributed by atoms with Crippen LogP contribution in [0.2, 0.25) is 0 Å². The van der Waals surface area contributed by atoms with Crippen molar-refractivity contribution in [3.63, 3.8) is 0 Å². The zero-order valence-electron chi connectivity index (χ0n) is 7.83. The molecule has 0 nitrogen and oxygen atoms in total. The maximum atomic E-state index is 2.22. The molecule has 0 saturated carbocycles. The summed E-state index contributed by atoms with van der Waals surface area (Å²) < 4.78 is 0. The molecule has 0 amide bonds. The number of hydrogen-bond donors (Lipinski definition) is 0. The van der Waals surface area contributed by atoms with Crippen molar-refractivity contribution in [3.05, 3.63) is 59.7 Å². The molecule has 0 bridgehead atoms. The summed E-state index contributed by atoms with van der Waals surface area (Å²) in [6.45, 7) is 0. The van der Waals surface area contributed by atoms with E-state index in [9.17, 15) is 0 Å². The standard InChI is InChI=1S/C13H10.Hf/c1-3-7-12-10(5-1)9-11-6-2-4-8-13(11)12;/h1-8H,9H2;. The van der Waals surface area contributed by atoms with Crippen molar-refractivity contribution in [3.8, 4) is 11.1 Å². The normalized spacial score (nSPS) is 11.4. The first-order valence-corrected chi connectivity index (χ1v) is 4.61. The topological polar surface area (TPSA) is 0 Å². The van der Waals surface area contributed by atoms with Gasteiger partial charge in [0.05, 0.1) is 0 Å². The Morgan fingerprint density at radius 2 is 1.07 bits per heavy atom. The third-order valence-electron chi connectivity index (χ3n) is 2.71. The molecule has 0 heterocycles. The Morgan fingerprint density at radius 3 is 1.57 bits per heavy atom. The molecular formula is C13H10Hf. The molecule has 66 valence electrons. The van der Waals surface area contributed by atoms with Crippen molar-refractivity contribution >= 4 is 0 Å². The van der Waals surface area contributed by atoms with Crippen LogP contribution in [0.1, 0.15) is 11.1 Å². The summed E-state index contributed by atoms with van der Waals surface area (Å²) in [7, 11) is 0. The molecule has 0 aromatic heterocycles. The molecule has 1 aliphatic rings. The molecule has 3 rings (SSSR count). The minimum absolute atomic E-state index is 0. The number of benzene rings is 2. The minimum atomic E-state index is 0. The Morgan fingerprint density at radius 1 is 0.643 bits per heavy atom. The molecular weight excluding hydrogens is 335 g/mol.